The van der Waals surface area contributed by atoms with Gasteiger partial charge in [-0.25, -0.2) is 13.6 Å². The summed E-state index contributed by atoms with van der Waals surface area (Å²) < 4.78 is 31.6. The largest absolute Gasteiger partial charge is 0.447 e. The minimum absolute atomic E-state index is 0.0821. The van der Waals surface area contributed by atoms with Gasteiger partial charge in [0, 0.05) is 25.0 Å². The number of carbonyl (C=O) groups excluding carboxylic acids is 2. The zero-order valence-corrected chi connectivity index (χ0v) is 15.9. The van der Waals surface area contributed by atoms with Gasteiger partial charge in [0.15, 0.2) is 5.82 Å². The maximum absolute atomic E-state index is 13.1. The number of carbonyl (C=O) groups is 2. The molecule has 1 aromatic carbocycles. The standard InChI is InChI=1S/C19H20F2N6O3/c20-6-8-30-19(29)26-7-5-16(12(9-22)10-26)27-11-15(17(23)28)18(25-27)24-14-3-1-13(21)2-4-14/h1-4,11-12,16H,5-8,10H2,(H2,23,28)(H,24,25)/t12-,16+/m1/s1. The van der Waals surface area contributed by atoms with E-state index in [1.54, 1.807) is 0 Å². The molecule has 1 aromatic heterocycles. The summed E-state index contributed by atoms with van der Waals surface area (Å²) in [5, 5.41) is 16.9. The highest BCUT2D eigenvalue weighted by molar-refractivity contribution is 5.98. The van der Waals surface area contributed by atoms with Crippen molar-refractivity contribution in [2.24, 2.45) is 11.7 Å². The third kappa shape index (κ3) is 4.65. The number of amides is 2. The van der Waals surface area contributed by atoms with Gasteiger partial charge < -0.3 is 20.7 Å². The number of nitriles is 1. The van der Waals surface area contributed by atoms with Gasteiger partial charge in [-0.05, 0) is 30.7 Å². The predicted octanol–water partition coefficient (Wildman–Crippen LogP) is 2.36. The zero-order valence-electron chi connectivity index (χ0n) is 15.9. The molecule has 30 heavy (non-hydrogen) atoms. The van der Waals surface area contributed by atoms with Crippen LogP contribution in [0.4, 0.5) is 25.1 Å². The Morgan fingerprint density at radius 2 is 2.10 bits per heavy atom. The summed E-state index contributed by atoms with van der Waals surface area (Å²) in [6, 6.07) is 7.21. The molecule has 1 saturated heterocycles. The van der Waals surface area contributed by atoms with Crippen molar-refractivity contribution < 1.29 is 23.1 Å². The number of rotatable bonds is 6. The lowest BCUT2D eigenvalue weighted by atomic mass is 9.94. The molecular weight excluding hydrogens is 398 g/mol. The number of nitrogens with zero attached hydrogens (tertiary/aromatic N) is 4. The van der Waals surface area contributed by atoms with Crippen LogP contribution in [0.15, 0.2) is 30.5 Å². The van der Waals surface area contributed by atoms with Crippen molar-refractivity contribution in [1.82, 2.24) is 14.7 Å². The van der Waals surface area contributed by atoms with Gasteiger partial charge in [-0.2, -0.15) is 10.4 Å². The third-order valence-electron chi connectivity index (χ3n) is 4.75. The van der Waals surface area contributed by atoms with Crippen molar-refractivity contribution in [3.63, 3.8) is 0 Å². The number of alkyl halides is 1. The van der Waals surface area contributed by atoms with E-state index >= 15 is 0 Å². The molecule has 0 bridgehead atoms. The first-order valence-corrected chi connectivity index (χ1v) is 9.21. The number of hydrogen-bond donors (Lipinski definition) is 2. The summed E-state index contributed by atoms with van der Waals surface area (Å²) in [6.07, 6.45) is 1.14. The molecule has 3 rings (SSSR count). The van der Waals surface area contributed by atoms with Gasteiger partial charge in [-0.1, -0.05) is 0 Å². The van der Waals surface area contributed by atoms with Crippen LogP contribution in [-0.4, -0.2) is 53.1 Å². The number of nitrogens with two attached hydrogens (primary N) is 1. The molecule has 2 amide bonds. The maximum atomic E-state index is 13.1. The van der Waals surface area contributed by atoms with Crippen molar-refractivity contribution in [2.75, 3.05) is 31.7 Å². The topological polar surface area (TPSA) is 126 Å². The van der Waals surface area contributed by atoms with Crippen molar-refractivity contribution in [3.05, 3.63) is 41.8 Å². The van der Waals surface area contributed by atoms with Crippen LogP contribution >= 0.6 is 0 Å². The number of halogens is 2. The van der Waals surface area contributed by atoms with Crippen LogP contribution in [0.5, 0.6) is 0 Å². The summed E-state index contributed by atoms with van der Waals surface area (Å²) in [5.74, 6) is -1.58. The van der Waals surface area contributed by atoms with Crippen molar-refractivity contribution in [3.8, 4) is 6.07 Å². The molecule has 2 heterocycles. The molecule has 1 fully saturated rings. The van der Waals surface area contributed by atoms with Gasteiger partial charge in [0.05, 0.1) is 18.0 Å². The first-order chi connectivity index (χ1) is 14.4. The van der Waals surface area contributed by atoms with Crippen LogP contribution in [0.25, 0.3) is 0 Å². The molecule has 9 nitrogen and oxygen atoms in total. The molecule has 1 aliphatic rings. The smallest absolute Gasteiger partial charge is 0.409 e. The van der Waals surface area contributed by atoms with Gasteiger partial charge in [-0.15, -0.1) is 0 Å². The lowest BCUT2D eigenvalue weighted by Gasteiger charge is -2.34. The van der Waals surface area contributed by atoms with Crippen molar-refractivity contribution in [2.45, 2.75) is 12.5 Å². The van der Waals surface area contributed by atoms with E-state index in [4.69, 9.17) is 10.5 Å². The molecular formula is C19H20F2N6O3. The number of aromatic nitrogens is 2. The molecule has 2 aromatic rings. The molecule has 0 spiro atoms. The Hall–Kier alpha value is -3.68. The Morgan fingerprint density at radius 1 is 1.37 bits per heavy atom. The number of primary amides is 1. The fraction of sp³-hybridized carbons (Fsp3) is 0.368. The highest BCUT2D eigenvalue weighted by atomic mass is 19.1. The SMILES string of the molecule is N#C[C@@H]1CN(C(=O)OCCF)CC[C@@H]1n1cc(C(N)=O)c(Nc2ccc(F)cc2)n1. The molecule has 158 valence electrons. The average molecular weight is 418 g/mol. The minimum Gasteiger partial charge on any atom is -0.447 e. The Kier molecular flexibility index (Phi) is 6.46. The number of likely N-dealkylation sites (tertiary alicyclic amines) is 1. The molecule has 11 heteroatoms. The number of piperidine rings is 1. The average Bonchev–Trinajstić information content (AvgIpc) is 3.17. The van der Waals surface area contributed by atoms with Gasteiger partial charge >= 0.3 is 6.09 Å². The second-order valence-electron chi connectivity index (χ2n) is 6.71. The third-order valence-corrected chi connectivity index (χ3v) is 4.75. The highest BCUT2D eigenvalue weighted by Crippen LogP contribution is 2.30. The number of ether oxygens (including phenoxy) is 1. The quantitative estimate of drug-likeness (QED) is 0.742. The fourth-order valence-electron chi connectivity index (χ4n) is 3.27. The van der Waals surface area contributed by atoms with E-state index in [-0.39, 0.29) is 31.1 Å². The lowest BCUT2D eigenvalue weighted by Crippen LogP contribution is -2.44. The number of benzene rings is 1. The van der Waals surface area contributed by atoms with Crippen LogP contribution in [0.2, 0.25) is 0 Å². The molecule has 0 saturated carbocycles. The number of nitrogens with one attached hydrogen (secondary N) is 1. The van der Waals surface area contributed by atoms with Gasteiger partial charge in [0.2, 0.25) is 0 Å². The summed E-state index contributed by atoms with van der Waals surface area (Å²) in [6.45, 7) is -0.758. The lowest BCUT2D eigenvalue weighted by molar-refractivity contribution is 0.0738. The Bertz CT molecular complexity index is 956. The summed E-state index contributed by atoms with van der Waals surface area (Å²) >= 11 is 0. The van der Waals surface area contributed by atoms with Crippen LogP contribution in [-0.2, 0) is 4.74 Å². The van der Waals surface area contributed by atoms with Crippen molar-refractivity contribution >= 4 is 23.5 Å². The minimum atomic E-state index is -0.781. The van der Waals surface area contributed by atoms with E-state index in [1.165, 1.54) is 40.0 Å². The molecule has 0 unspecified atom stereocenters. The number of hydrogen-bond acceptors (Lipinski definition) is 6. The Labute approximate surface area is 171 Å². The molecule has 3 N–H and O–H groups in total. The highest BCUT2D eigenvalue weighted by Gasteiger charge is 2.34. The number of anilines is 2. The van der Waals surface area contributed by atoms with E-state index in [0.717, 1.165) is 0 Å². The second kappa shape index (κ2) is 9.21. The van der Waals surface area contributed by atoms with Crippen LogP contribution in [0.1, 0.15) is 22.8 Å². The Morgan fingerprint density at radius 3 is 2.73 bits per heavy atom. The monoisotopic (exact) mass is 418 g/mol. The van der Waals surface area contributed by atoms with E-state index in [9.17, 15) is 23.6 Å². The predicted molar refractivity (Wildman–Crippen MR) is 102 cm³/mol. The second-order valence-corrected chi connectivity index (χ2v) is 6.71. The van der Waals surface area contributed by atoms with Gasteiger partial charge in [-0.3, -0.25) is 9.48 Å². The normalized spacial score (nSPS) is 18.5. The maximum Gasteiger partial charge on any atom is 0.409 e. The van der Waals surface area contributed by atoms with Crippen molar-refractivity contribution in [1.29, 1.82) is 5.26 Å². The van der Waals surface area contributed by atoms with E-state index in [1.807, 2.05) is 0 Å². The van der Waals surface area contributed by atoms with Crippen LogP contribution < -0.4 is 11.1 Å². The fourth-order valence-corrected chi connectivity index (χ4v) is 3.27. The van der Waals surface area contributed by atoms with Crippen LogP contribution in [0, 0.1) is 23.1 Å². The van der Waals surface area contributed by atoms with Gasteiger partial charge in [0.1, 0.15) is 24.7 Å². The molecule has 0 aliphatic carbocycles. The first kappa shape index (κ1) is 21.0. The van der Waals surface area contributed by atoms with E-state index in [2.05, 4.69) is 16.5 Å². The molecule has 1 aliphatic heterocycles. The first-order valence-electron chi connectivity index (χ1n) is 9.21. The summed E-state index contributed by atoms with van der Waals surface area (Å²) in [4.78, 5) is 25.1. The zero-order chi connectivity index (χ0) is 21.7. The van der Waals surface area contributed by atoms with Crippen LogP contribution in [0.3, 0.4) is 0 Å². The Balaban J connectivity index is 1.79. The summed E-state index contributed by atoms with van der Waals surface area (Å²) in [7, 11) is 0. The molecule has 2 atom stereocenters. The van der Waals surface area contributed by atoms with E-state index in [0.29, 0.717) is 12.1 Å². The van der Waals surface area contributed by atoms with E-state index < -0.39 is 36.5 Å². The molecule has 0 radical (unpaired) electrons. The van der Waals surface area contributed by atoms with Gasteiger partial charge in [0.25, 0.3) is 5.91 Å². The summed E-state index contributed by atoms with van der Waals surface area (Å²) in [5.41, 5.74) is 6.07.